The van der Waals surface area contributed by atoms with Crippen molar-refractivity contribution >= 4 is 12.0 Å². The van der Waals surface area contributed by atoms with E-state index in [9.17, 15) is 4.79 Å². The van der Waals surface area contributed by atoms with Crippen LogP contribution in [0.15, 0.2) is 36.1 Å². The number of rotatable bonds is 5. The summed E-state index contributed by atoms with van der Waals surface area (Å²) >= 11 is 0. The van der Waals surface area contributed by atoms with E-state index in [0.717, 1.165) is 5.56 Å². The van der Waals surface area contributed by atoms with Crippen LogP contribution in [0.5, 0.6) is 0 Å². The third-order valence-corrected chi connectivity index (χ3v) is 1.83. The number of methoxy groups -OCH3 is 1. The van der Waals surface area contributed by atoms with Gasteiger partial charge in [0.05, 0.1) is 13.2 Å². The third-order valence-electron chi connectivity index (χ3n) is 1.83. The lowest BCUT2D eigenvalue weighted by atomic mass is 10.2. The Bertz CT molecular complexity index is 382. The number of hydrogen-bond donors (Lipinski definition) is 0. The van der Waals surface area contributed by atoms with Crippen molar-refractivity contribution in [2.75, 3.05) is 7.11 Å². The minimum atomic E-state index is -0.648. The monoisotopic (exact) mass is 236 g/mol. The molecule has 0 radical (unpaired) electrons. The van der Waals surface area contributed by atoms with Gasteiger partial charge < -0.3 is 4.74 Å². The maximum Gasteiger partial charge on any atom is 0.407 e. The zero-order valence-corrected chi connectivity index (χ0v) is 10.2. The number of hydrogen-bond acceptors (Lipinski definition) is 4. The molecule has 92 valence electrons. The largest absolute Gasteiger partial charge is 0.490 e. The highest BCUT2D eigenvalue weighted by Gasteiger charge is 2.13. The van der Waals surface area contributed by atoms with Gasteiger partial charge in [-0.25, -0.2) is 4.79 Å². The Hall–Kier alpha value is -1.81. The van der Waals surface area contributed by atoms with E-state index in [4.69, 9.17) is 9.62 Å². The summed E-state index contributed by atoms with van der Waals surface area (Å²) < 4.78 is 4.95. The molecule has 0 saturated heterocycles. The van der Waals surface area contributed by atoms with Crippen LogP contribution in [0, 0.1) is 0 Å². The van der Waals surface area contributed by atoms with Crippen molar-refractivity contribution in [3.63, 3.8) is 0 Å². The van der Waals surface area contributed by atoms with Crippen LogP contribution in [0.1, 0.15) is 19.4 Å². The standard InChI is InChI=1S/C13H16O4/c1-10(2)16-17-13(14)12(15-3)9-11-7-5-4-6-8-11/h4-10H,1-3H3. The van der Waals surface area contributed by atoms with E-state index in [-0.39, 0.29) is 11.9 Å². The first kappa shape index (κ1) is 13.3. The zero-order chi connectivity index (χ0) is 12.7. The first-order valence-electron chi connectivity index (χ1n) is 5.32. The van der Waals surface area contributed by atoms with Crippen LogP contribution in [0.3, 0.4) is 0 Å². The summed E-state index contributed by atoms with van der Waals surface area (Å²) in [6.45, 7) is 3.53. The van der Waals surface area contributed by atoms with E-state index < -0.39 is 5.97 Å². The molecule has 0 fully saturated rings. The summed E-state index contributed by atoms with van der Waals surface area (Å²) in [5.74, 6) is -0.554. The third kappa shape index (κ3) is 4.70. The fraction of sp³-hybridized carbons (Fsp3) is 0.308. The molecule has 0 spiro atoms. The lowest BCUT2D eigenvalue weighted by Gasteiger charge is -2.07. The van der Waals surface area contributed by atoms with Crippen LogP contribution in [0.4, 0.5) is 0 Å². The molecule has 1 aromatic rings. The molecule has 0 saturated carbocycles. The van der Waals surface area contributed by atoms with Gasteiger partial charge in [0.1, 0.15) is 0 Å². The highest BCUT2D eigenvalue weighted by molar-refractivity contribution is 5.91. The Balaban J connectivity index is 2.71. The second-order valence-electron chi connectivity index (χ2n) is 3.64. The first-order valence-corrected chi connectivity index (χ1v) is 5.32. The molecule has 0 atom stereocenters. The van der Waals surface area contributed by atoms with Crippen LogP contribution in [-0.4, -0.2) is 19.2 Å². The van der Waals surface area contributed by atoms with Crippen molar-refractivity contribution in [1.82, 2.24) is 0 Å². The van der Waals surface area contributed by atoms with Gasteiger partial charge in [-0.15, -0.1) is 0 Å². The van der Waals surface area contributed by atoms with Crippen molar-refractivity contribution < 1.29 is 19.3 Å². The van der Waals surface area contributed by atoms with Crippen molar-refractivity contribution in [2.24, 2.45) is 0 Å². The molecule has 4 heteroatoms. The summed E-state index contributed by atoms with van der Waals surface area (Å²) in [7, 11) is 1.41. The van der Waals surface area contributed by atoms with Gasteiger partial charge in [0.2, 0.25) is 5.76 Å². The lowest BCUT2D eigenvalue weighted by Crippen LogP contribution is -2.13. The number of carbonyl (C=O) groups excluding carboxylic acids is 1. The van der Waals surface area contributed by atoms with E-state index in [2.05, 4.69) is 4.89 Å². The molecular formula is C13H16O4. The topological polar surface area (TPSA) is 44.8 Å². The molecule has 0 heterocycles. The van der Waals surface area contributed by atoms with Crippen LogP contribution in [0.25, 0.3) is 6.08 Å². The molecule has 1 aromatic carbocycles. The highest BCUT2D eigenvalue weighted by atomic mass is 17.2. The normalized spacial score (nSPS) is 11.4. The van der Waals surface area contributed by atoms with E-state index >= 15 is 0 Å². The minimum Gasteiger partial charge on any atom is -0.490 e. The van der Waals surface area contributed by atoms with Gasteiger partial charge >= 0.3 is 5.97 Å². The number of carbonyl (C=O) groups is 1. The summed E-state index contributed by atoms with van der Waals surface area (Å²) in [6, 6.07) is 9.35. The predicted octanol–water partition coefficient (Wildman–Crippen LogP) is 2.56. The molecule has 0 aliphatic heterocycles. The number of ether oxygens (including phenoxy) is 1. The molecule has 0 amide bonds. The Morgan fingerprint density at radius 3 is 2.41 bits per heavy atom. The zero-order valence-electron chi connectivity index (χ0n) is 10.2. The van der Waals surface area contributed by atoms with Crippen molar-refractivity contribution in [3.8, 4) is 0 Å². The predicted molar refractivity (Wildman–Crippen MR) is 63.7 cm³/mol. The molecule has 0 aliphatic carbocycles. The summed E-state index contributed by atoms with van der Waals surface area (Å²) in [5.41, 5.74) is 0.853. The van der Waals surface area contributed by atoms with Gasteiger partial charge in [-0.3, -0.25) is 4.89 Å². The van der Waals surface area contributed by atoms with Gasteiger partial charge in [0, 0.05) is 0 Å². The van der Waals surface area contributed by atoms with E-state index in [1.807, 2.05) is 30.3 Å². The average molecular weight is 236 g/mol. The van der Waals surface area contributed by atoms with Crippen molar-refractivity contribution in [3.05, 3.63) is 41.7 Å². The smallest absolute Gasteiger partial charge is 0.407 e. The van der Waals surface area contributed by atoms with E-state index in [1.54, 1.807) is 19.9 Å². The SMILES string of the molecule is COC(=Cc1ccccc1)C(=O)OOC(C)C. The molecule has 0 aromatic heterocycles. The molecular weight excluding hydrogens is 220 g/mol. The summed E-state index contributed by atoms with van der Waals surface area (Å²) in [4.78, 5) is 20.9. The molecule has 1 rings (SSSR count). The number of benzene rings is 1. The Kier molecular flexibility index (Phi) is 5.23. The quantitative estimate of drug-likeness (QED) is 0.341. The maximum absolute atomic E-state index is 11.5. The van der Waals surface area contributed by atoms with Crippen LogP contribution in [-0.2, 0) is 19.3 Å². The highest BCUT2D eigenvalue weighted by Crippen LogP contribution is 2.09. The van der Waals surface area contributed by atoms with Crippen molar-refractivity contribution in [1.29, 1.82) is 0 Å². The molecule has 0 N–H and O–H groups in total. The molecule has 17 heavy (non-hydrogen) atoms. The van der Waals surface area contributed by atoms with Gasteiger partial charge in [0.15, 0.2) is 0 Å². The Morgan fingerprint density at radius 1 is 1.24 bits per heavy atom. The second-order valence-corrected chi connectivity index (χ2v) is 3.64. The molecule has 0 bridgehead atoms. The summed E-state index contributed by atoms with van der Waals surface area (Å²) in [5, 5.41) is 0. The minimum absolute atomic E-state index is 0.0943. The van der Waals surface area contributed by atoms with Crippen LogP contribution in [0.2, 0.25) is 0 Å². The van der Waals surface area contributed by atoms with Crippen LogP contribution >= 0.6 is 0 Å². The maximum atomic E-state index is 11.5. The fourth-order valence-corrected chi connectivity index (χ4v) is 1.08. The van der Waals surface area contributed by atoms with Crippen LogP contribution < -0.4 is 0 Å². The average Bonchev–Trinajstić information content (AvgIpc) is 2.34. The first-order chi connectivity index (χ1) is 8.13. The molecule has 0 aliphatic rings. The molecule has 0 unspecified atom stereocenters. The Labute approximate surface area is 101 Å². The van der Waals surface area contributed by atoms with Gasteiger partial charge in [-0.1, -0.05) is 30.3 Å². The summed E-state index contributed by atoms with van der Waals surface area (Å²) in [6.07, 6.45) is 1.40. The van der Waals surface area contributed by atoms with Gasteiger partial charge in [-0.05, 0) is 25.5 Å². The van der Waals surface area contributed by atoms with Gasteiger partial charge in [-0.2, -0.15) is 4.89 Å². The Morgan fingerprint density at radius 2 is 1.88 bits per heavy atom. The van der Waals surface area contributed by atoms with Crippen molar-refractivity contribution in [2.45, 2.75) is 20.0 Å². The second kappa shape index (κ2) is 6.70. The van der Waals surface area contributed by atoms with Gasteiger partial charge in [0.25, 0.3) is 0 Å². The molecule has 4 nitrogen and oxygen atoms in total. The van der Waals surface area contributed by atoms with E-state index in [1.165, 1.54) is 7.11 Å². The van der Waals surface area contributed by atoms with E-state index in [0.29, 0.717) is 0 Å². The lowest BCUT2D eigenvalue weighted by molar-refractivity contribution is -0.289. The fourth-order valence-electron chi connectivity index (χ4n) is 1.08.